The lowest BCUT2D eigenvalue weighted by molar-refractivity contribution is 0.108. The Morgan fingerprint density at radius 2 is 1.85 bits per heavy atom. The summed E-state index contributed by atoms with van der Waals surface area (Å²) in [5, 5.41) is 0. The van der Waals surface area contributed by atoms with Crippen LogP contribution in [0, 0.1) is 12.3 Å². The molecule has 2 N–H and O–H groups in total. The zero-order valence-electron chi connectivity index (χ0n) is 9.09. The number of nitrogens with zero attached hydrogens (tertiary/aromatic N) is 1. The number of nitrogens with two attached hydrogens (primary N) is 1. The lowest BCUT2D eigenvalue weighted by Crippen LogP contribution is -2.55. The van der Waals surface area contributed by atoms with Crippen molar-refractivity contribution in [3.63, 3.8) is 0 Å². The molecule has 0 spiro atoms. The minimum absolute atomic E-state index is 0.171. The maximum absolute atomic E-state index is 11.3. The third-order valence-corrected chi connectivity index (χ3v) is 3.15. The van der Waals surface area contributed by atoms with Crippen LogP contribution in [0.2, 0.25) is 0 Å². The van der Waals surface area contributed by atoms with Gasteiger partial charge in [-0.05, 0) is 40.0 Å². The number of primary amides is 1. The molecule has 1 atom stereocenters. The first-order chi connectivity index (χ1) is 5.69. The van der Waals surface area contributed by atoms with Crippen LogP contribution >= 0.6 is 0 Å². The zero-order valence-corrected chi connectivity index (χ0v) is 9.09. The van der Waals surface area contributed by atoms with Crippen molar-refractivity contribution in [2.24, 2.45) is 11.7 Å². The van der Waals surface area contributed by atoms with Gasteiger partial charge < -0.3 is 10.6 Å². The second-order valence-corrected chi connectivity index (χ2v) is 4.94. The zero-order chi connectivity index (χ0) is 10.4. The molecule has 13 heavy (non-hydrogen) atoms. The Balaban J connectivity index is 3.07. The van der Waals surface area contributed by atoms with Crippen molar-refractivity contribution in [2.75, 3.05) is 0 Å². The third kappa shape index (κ3) is 1.40. The fourth-order valence-corrected chi connectivity index (χ4v) is 2.40. The van der Waals surface area contributed by atoms with E-state index in [1.54, 1.807) is 4.90 Å². The van der Waals surface area contributed by atoms with Gasteiger partial charge in [-0.15, -0.1) is 0 Å². The van der Waals surface area contributed by atoms with Gasteiger partial charge in [-0.2, -0.15) is 0 Å². The van der Waals surface area contributed by atoms with Gasteiger partial charge in [0.15, 0.2) is 0 Å². The molecule has 0 aromatic rings. The Kier molecular flexibility index (Phi) is 2.09. The summed E-state index contributed by atoms with van der Waals surface area (Å²) < 4.78 is 0. The smallest absolute Gasteiger partial charge is 0.315 e. The van der Waals surface area contributed by atoms with Crippen LogP contribution in [0.4, 0.5) is 4.79 Å². The maximum atomic E-state index is 11.3. The molecule has 3 heteroatoms. The molecule has 0 bridgehead atoms. The fourth-order valence-electron chi connectivity index (χ4n) is 2.40. The third-order valence-electron chi connectivity index (χ3n) is 3.15. The van der Waals surface area contributed by atoms with E-state index in [0.29, 0.717) is 5.92 Å². The number of urea groups is 1. The van der Waals surface area contributed by atoms with Gasteiger partial charge in [-0.3, -0.25) is 0 Å². The maximum Gasteiger partial charge on any atom is 0.315 e. The van der Waals surface area contributed by atoms with E-state index in [9.17, 15) is 4.79 Å². The summed E-state index contributed by atoms with van der Waals surface area (Å²) in [5.41, 5.74) is 4.98. The lowest BCUT2D eigenvalue weighted by atomic mass is 9.89. The van der Waals surface area contributed by atoms with Crippen LogP contribution in [0.1, 0.15) is 34.6 Å². The number of likely N-dealkylation sites (tertiary alicyclic amines) is 1. The Morgan fingerprint density at radius 1 is 1.38 bits per heavy atom. The Morgan fingerprint density at radius 3 is 2.00 bits per heavy atom. The van der Waals surface area contributed by atoms with Crippen LogP contribution in [-0.2, 0) is 0 Å². The number of carbonyl (C=O) groups excluding carboxylic acids is 1. The van der Waals surface area contributed by atoms with Gasteiger partial charge in [0.1, 0.15) is 0 Å². The van der Waals surface area contributed by atoms with Crippen LogP contribution in [0.15, 0.2) is 0 Å². The minimum atomic E-state index is -0.337. The summed E-state index contributed by atoms with van der Waals surface area (Å²) in [6.07, 6.45) is 2.18. The molecule has 1 heterocycles. The summed E-state index contributed by atoms with van der Waals surface area (Å²) >= 11 is 0. The SMILES string of the molecule is CC1[CH]C(C)(C)N(C(N)=O)C1(C)C. The number of rotatable bonds is 0. The van der Waals surface area contributed by atoms with Crippen molar-refractivity contribution in [3.05, 3.63) is 6.42 Å². The standard InChI is InChI=1S/C10H19N2O/c1-7-6-9(2,3)12(8(11)13)10(7,4)5/h6-7H,1-5H3,(H2,11,13). The summed E-state index contributed by atoms with van der Waals surface area (Å²) in [7, 11) is 0. The first-order valence-corrected chi connectivity index (χ1v) is 4.65. The van der Waals surface area contributed by atoms with Crippen LogP contribution in [0.5, 0.6) is 0 Å². The normalized spacial score (nSPS) is 30.5. The molecule has 1 saturated heterocycles. The molecule has 3 nitrogen and oxygen atoms in total. The van der Waals surface area contributed by atoms with Gasteiger partial charge in [0, 0.05) is 11.1 Å². The average Bonchev–Trinajstić information content (AvgIpc) is 1.96. The highest BCUT2D eigenvalue weighted by molar-refractivity contribution is 5.75. The van der Waals surface area contributed by atoms with Crippen LogP contribution in [0.3, 0.4) is 0 Å². The summed E-state index contributed by atoms with van der Waals surface area (Å²) in [6.45, 7) is 10.2. The van der Waals surface area contributed by atoms with Gasteiger partial charge in [0.25, 0.3) is 0 Å². The van der Waals surface area contributed by atoms with Crippen molar-refractivity contribution in [1.82, 2.24) is 4.90 Å². The van der Waals surface area contributed by atoms with Crippen molar-refractivity contribution in [3.8, 4) is 0 Å². The molecule has 0 aromatic heterocycles. The fraction of sp³-hybridized carbons (Fsp3) is 0.800. The van der Waals surface area contributed by atoms with E-state index >= 15 is 0 Å². The van der Waals surface area contributed by atoms with Gasteiger partial charge in [0.05, 0.1) is 0 Å². The van der Waals surface area contributed by atoms with E-state index in [0.717, 1.165) is 0 Å². The van der Waals surface area contributed by atoms with E-state index < -0.39 is 0 Å². The van der Waals surface area contributed by atoms with Crippen molar-refractivity contribution < 1.29 is 4.79 Å². The molecule has 2 amide bonds. The predicted molar refractivity (Wildman–Crippen MR) is 53.0 cm³/mol. The molecule has 0 aliphatic carbocycles. The van der Waals surface area contributed by atoms with E-state index in [4.69, 9.17) is 5.73 Å². The Labute approximate surface area is 80.3 Å². The molecule has 1 aliphatic rings. The lowest BCUT2D eigenvalue weighted by Gasteiger charge is -2.39. The quantitative estimate of drug-likeness (QED) is 0.611. The highest BCUT2D eigenvalue weighted by Gasteiger charge is 2.51. The van der Waals surface area contributed by atoms with Crippen molar-refractivity contribution >= 4 is 6.03 Å². The second-order valence-electron chi connectivity index (χ2n) is 4.94. The molecular formula is C10H19N2O. The molecule has 1 radical (unpaired) electrons. The highest BCUT2D eigenvalue weighted by Crippen LogP contribution is 2.43. The van der Waals surface area contributed by atoms with Crippen LogP contribution < -0.4 is 5.73 Å². The summed E-state index contributed by atoms with van der Waals surface area (Å²) in [6, 6.07) is -0.337. The van der Waals surface area contributed by atoms with E-state index in [1.165, 1.54) is 0 Å². The topological polar surface area (TPSA) is 46.3 Å². The van der Waals surface area contributed by atoms with Crippen molar-refractivity contribution in [1.29, 1.82) is 0 Å². The second kappa shape index (κ2) is 2.63. The average molecular weight is 183 g/mol. The Hall–Kier alpha value is -0.730. The molecule has 1 rings (SSSR count). The molecule has 0 saturated carbocycles. The molecule has 1 fully saturated rings. The number of carbonyl (C=O) groups is 1. The molecule has 0 aromatic carbocycles. The van der Waals surface area contributed by atoms with E-state index in [2.05, 4.69) is 13.3 Å². The number of hydrogen-bond donors (Lipinski definition) is 1. The van der Waals surface area contributed by atoms with E-state index in [1.807, 2.05) is 27.7 Å². The number of hydrogen-bond acceptors (Lipinski definition) is 1. The van der Waals surface area contributed by atoms with Crippen molar-refractivity contribution in [2.45, 2.75) is 45.7 Å². The Bertz CT molecular complexity index is 233. The highest BCUT2D eigenvalue weighted by atomic mass is 16.2. The molecule has 1 unspecified atom stereocenters. The van der Waals surface area contributed by atoms with Crippen LogP contribution in [0.25, 0.3) is 0 Å². The monoisotopic (exact) mass is 183 g/mol. The molecule has 1 aliphatic heterocycles. The van der Waals surface area contributed by atoms with Crippen LogP contribution in [-0.4, -0.2) is 22.0 Å². The summed E-state index contributed by atoms with van der Waals surface area (Å²) in [5.74, 6) is 0.370. The van der Waals surface area contributed by atoms with Gasteiger partial charge in [-0.1, -0.05) is 6.92 Å². The first kappa shape index (κ1) is 10.4. The number of amides is 2. The van der Waals surface area contributed by atoms with E-state index in [-0.39, 0.29) is 17.1 Å². The van der Waals surface area contributed by atoms with Gasteiger partial charge >= 0.3 is 6.03 Å². The molecular weight excluding hydrogens is 164 g/mol. The molecule has 75 valence electrons. The summed E-state index contributed by atoms with van der Waals surface area (Å²) in [4.78, 5) is 13.1. The predicted octanol–water partition coefficient (Wildman–Crippen LogP) is 1.78. The van der Waals surface area contributed by atoms with Gasteiger partial charge in [0.2, 0.25) is 0 Å². The largest absolute Gasteiger partial charge is 0.351 e. The first-order valence-electron chi connectivity index (χ1n) is 4.65. The van der Waals surface area contributed by atoms with Gasteiger partial charge in [-0.25, -0.2) is 4.79 Å². The minimum Gasteiger partial charge on any atom is -0.351 e.